The summed E-state index contributed by atoms with van der Waals surface area (Å²) >= 11 is 0. The number of carbonyl (C=O) groups excluding carboxylic acids is 1. The second-order valence-corrected chi connectivity index (χ2v) is 10.2. The number of nitrogens with zero attached hydrogens (tertiary/aromatic N) is 4. The van der Waals surface area contributed by atoms with E-state index in [9.17, 15) is 14.4 Å². The number of alkyl carbamates (subject to hydrolysis) is 1. The lowest BCUT2D eigenvalue weighted by Crippen LogP contribution is -2.52. The number of ether oxygens (including phenoxy) is 1. The molecule has 1 aromatic heterocycles. The van der Waals surface area contributed by atoms with Gasteiger partial charge in [0.05, 0.1) is 17.2 Å². The van der Waals surface area contributed by atoms with E-state index in [1.165, 1.54) is 6.08 Å². The molecule has 2 N–H and O–H groups in total. The average Bonchev–Trinajstić information content (AvgIpc) is 2.75. The molecular weight excluding hydrogens is 423 g/mol. The number of hydrogen-bond acceptors (Lipinski definition) is 7. The molecule has 1 aromatic rings. The van der Waals surface area contributed by atoms with Gasteiger partial charge in [0.2, 0.25) is 5.95 Å². The lowest BCUT2D eigenvalue weighted by Gasteiger charge is -2.39. The van der Waals surface area contributed by atoms with Gasteiger partial charge in [0.15, 0.2) is 0 Å². The molecule has 1 unspecified atom stereocenters. The van der Waals surface area contributed by atoms with E-state index in [-0.39, 0.29) is 12.1 Å². The Morgan fingerprint density at radius 3 is 2.70 bits per heavy atom. The highest BCUT2D eigenvalue weighted by atomic mass is 19.1. The fourth-order valence-corrected chi connectivity index (χ4v) is 4.18. The second-order valence-electron chi connectivity index (χ2n) is 10.2. The molecule has 2 aliphatic rings. The summed E-state index contributed by atoms with van der Waals surface area (Å²) in [4.78, 5) is 23.6. The largest absolute Gasteiger partial charge is 0.444 e. The van der Waals surface area contributed by atoms with Gasteiger partial charge in [0.25, 0.3) is 0 Å². The Hall–Kier alpha value is -2.89. The fourth-order valence-electron chi connectivity index (χ4n) is 4.18. The van der Waals surface area contributed by atoms with Gasteiger partial charge in [-0.15, -0.1) is 0 Å². The number of aromatic nitrogens is 2. The molecule has 9 heteroatoms. The van der Waals surface area contributed by atoms with Gasteiger partial charge in [0.1, 0.15) is 17.6 Å². The number of nitriles is 1. The van der Waals surface area contributed by atoms with E-state index in [0.29, 0.717) is 31.0 Å². The lowest BCUT2D eigenvalue weighted by atomic mass is 9.76. The third-order valence-corrected chi connectivity index (χ3v) is 6.29. The highest BCUT2D eigenvalue weighted by molar-refractivity contribution is 5.69. The fraction of sp³-hybridized carbons (Fsp3) is 0.667. The normalized spacial score (nSPS) is 27.9. The zero-order chi connectivity index (χ0) is 24.4. The van der Waals surface area contributed by atoms with Gasteiger partial charge in [-0.3, -0.25) is 0 Å². The van der Waals surface area contributed by atoms with Gasteiger partial charge in [-0.2, -0.15) is 10.2 Å². The number of amides is 1. The number of anilines is 2. The summed E-state index contributed by atoms with van der Waals surface area (Å²) < 4.78 is 20.1. The first kappa shape index (κ1) is 24.7. The van der Waals surface area contributed by atoms with E-state index in [2.05, 4.69) is 38.5 Å². The van der Waals surface area contributed by atoms with Crippen LogP contribution < -0.4 is 15.5 Å². The van der Waals surface area contributed by atoms with Gasteiger partial charge in [0, 0.05) is 31.7 Å². The molecule has 1 amide bonds. The summed E-state index contributed by atoms with van der Waals surface area (Å²) in [5.41, 5.74) is -0.129. The molecule has 0 spiro atoms. The minimum atomic E-state index is -1.35. The van der Waals surface area contributed by atoms with Crippen molar-refractivity contribution in [2.75, 3.05) is 23.8 Å². The summed E-state index contributed by atoms with van der Waals surface area (Å²) in [6.07, 6.45) is 2.47. The summed E-state index contributed by atoms with van der Waals surface area (Å²) in [5.74, 6) is 1.17. The van der Waals surface area contributed by atoms with Gasteiger partial charge in [-0.25, -0.2) is 14.2 Å². The minimum Gasteiger partial charge on any atom is -0.444 e. The van der Waals surface area contributed by atoms with E-state index >= 15 is 0 Å². The molecule has 1 fully saturated rings. The lowest BCUT2D eigenvalue weighted by molar-refractivity contribution is 0.0497. The third-order valence-electron chi connectivity index (χ3n) is 6.29. The number of piperidine rings is 1. The Balaban J connectivity index is 1.84. The quantitative estimate of drug-likeness (QED) is 0.687. The molecule has 0 radical (unpaired) electrons. The predicted molar refractivity (Wildman–Crippen MR) is 127 cm³/mol. The van der Waals surface area contributed by atoms with Gasteiger partial charge < -0.3 is 20.3 Å². The molecule has 1 aliphatic heterocycles. The number of rotatable bonds is 4. The van der Waals surface area contributed by atoms with Gasteiger partial charge >= 0.3 is 6.09 Å². The van der Waals surface area contributed by atoms with E-state index in [4.69, 9.17) is 4.74 Å². The smallest absolute Gasteiger partial charge is 0.407 e. The molecule has 0 bridgehead atoms. The highest BCUT2D eigenvalue weighted by Gasteiger charge is 2.37. The van der Waals surface area contributed by atoms with Crippen molar-refractivity contribution < 1.29 is 13.9 Å². The molecular formula is C24H35FN6O2. The molecule has 0 aromatic carbocycles. The third kappa shape index (κ3) is 5.92. The number of hydrogen-bond donors (Lipinski definition) is 2. The highest BCUT2D eigenvalue weighted by Crippen LogP contribution is 2.40. The van der Waals surface area contributed by atoms with Crippen LogP contribution in [-0.4, -0.2) is 53.5 Å². The first-order valence-electron chi connectivity index (χ1n) is 11.5. The van der Waals surface area contributed by atoms with Crippen LogP contribution in [0.5, 0.6) is 0 Å². The van der Waals surface area contributed by atoms with Crippen LogP contribution in [0.4, 0.5) is 21.0 Å². The van der Waals surface area contributed by atoms with Crippen LogP contribution in [0.25, 0.3) is 5.57 Å². The summed E-state index contributed by atoms with van der Waals surface area (Å²) in [7, 11) is 1.75. The first-order chi connectivity index (χ1) is 15.4. The van der Waals surface area contributed by atoms with Crippen molar-refractivity contribution in [2.24, 2.45) is 5.41 Å². The Bertz CT molecular complexity index is 953. The molecule has 180 valence electrons. The Kier molecular flexibility index (Phi) is 7.15. The van der Waals surface area contributed by atoms with E-state index in [0.717, 1.165) is 24.2 Å². The van der Waals surface area contributed by atoms with Crippen LogP contribution in [-0.2, 0) is 4.74 Å². The Labute approximate surface area is 195 Å². The maximum atomic E-state index is 14.7. The molecule has 8 nitrogen and oxygen atoms in total. The van der Waals surface area contributed by atoms with E-state index in [1.54, 1.807) is 14.0 Å². The van der Waals surface area contributed by atoms with E-state index in [1.807, 2.05) is 26.8 Å². The zero-order valence-electron chi connectivity index (χ0n) is 20.4. The van der Waals surface area contributed by atoms with Crippen LogP contribution in [0.1, 0.15) is 66.0 Å². The molecule has 0 saturated carbocycles. The second kappa shape index (κ2) is 9.54. The average molecular weight is 459 g/mol. The van der Waals surface area contributed by atoms with Crippen LogP contribution >= 0.6 is 0 Å². The Morgan fingerprint density at radius 2 is 2.09 bits per heavy atom. The minimum absolute atomic E-state index is 0.0760. The number of carbonyl (C=O) groups is 1. The van der Waals surface area contributed by atoms with Crippen molar-refractivity contribution in [3.8, 4) is 6.07 Å². The summed E-state index contributed by atoms with van der Waals surface area (Å²) in [6, 6.07) is 4.12. The molecule has 1 aliphatic carbocycles. The number of halogens is 1. The zero-order valence-corrected chi connectivity index (χ0v) is 20.4. The molecule has 1 saturated heterocycles. The maximum absolute atomic E-state index is 14.7. The molecule has 33 heavy (non-hydrogen) atoms. The first-order valence-corrected chi connectivity index (χ1v) is 11.5. The standard InChI is InChI=1S/C24H35FN6O2/c1-15-7-8-17(28-22(32)33-23(2,3)4)13-31(15)20-12-18(29-21(27-6)30-20)16-9-10-24(5,14-26)19(25)11-16/h11-12,15,17,19H,7-10,13H2,1-6H3,(H,28,32)(H,27,29,30)/t15-,17+,19?,24+/m0/s1. The van der Waals surface area contributed by atoms with Crippen LogP contribution in [0.15, 0.2) is 12.1 Å². The van der Waals surface area contributed by atoms with Crippen LogP contribution in [0, 0.1) is 16.7 Å². The maximum Gasteiger partial charge on any atom is 0.407 e. The van der Waals surface area contributed by atoms with Crippen molar-refractivity contribution >= 4 is 23.4 Å². The summed E-state index contributed by atoms with van der Waals surface area (Å²) in [5, 5.41) is 15.3. The van der Waals surface area contributed by atoms with Crippen LogP contribution in [0.2, 0.25) is 0 Å². The van der Waals surface area contributed by atoms with Crippen molar-refractivity contribution in [2.45, 2.75) is 84.2 Å². The van der Waals surface area contributed by atoms with Gasteiger partial charge in [-0.1, -0.05) is 0 Å². The van der Waals surface area contributed by atoms with Crippen molar-refractivity contribution in [1.82, 2.24) is 15.3 Å². The number of nitrogens with one attached hydrogen (secondary N) is 2. The topological polar surface area (TPSA) is 103 Å². The molecule has 2 heterocycles. The monoisotopic (exact) mass is 458 g/mol. The Morgan fingerprint density at radius 1 is 1.36 bits per heavy atom. The molecule has 3 rings (SSSR count). The number of allylic oxidation sites excluding steroid dienone is 2. The summed E-state index contributed by atoms with van der Waals surface area (Å²) in [6.45, 7) is 9.88. The van der Waals surface area contributed by atoms with Crippen LogP contribution in [0.3, 0.4) is 0 Å². The van der Waals surface area contributed by atoms with Crippen molar-refractivity contribution in [3.05, 3.63) is 17.8 Å². The van der Waals surface area contributed by atoms with Crippen molar-refractivity contribution in [1.29, 1.82) is 5.26 Å². The van der Waals surface area contributed by atoms with Crippen molar-refractivity contribution in [3.63, 3.8) is 0 Å². The van der Waals surface area contributed by atoms with E-state index < -0.39 is 23.3 Å². The predicted octanol–water partition coefficient (Wildman–Crippen LogP) is 4.45. The molecule has 4 atom stereocenters. The van der Waals surface area contributed by atoms with Gasteiger partial charge in [-0.05, 0) is 72.0 Å². The SMILES string of the molecule is CNc1nc(C2=CC(F)[C@@](C)(C#N)CC2)cc(N2C[C@H](NC(=O)OC(C)(C)C)CC[C@@H]2C)n1. The number of alkyl halides is 1.